The maximum absolute atomic E-state index is 5.08. The molecule has 0 aliphatic carbocycles. The summed E-state index contributed by atoms with van der Waals surface area (Å²) in [5.74, 6) is 0.907. The van der Waals surface area contributed by atoms with Gasteiger partial charge in [0.1, 0.15) is 5.82 Å². The van der Waals surface area contributed by atoms with Crippen LogP contribution in [0.15, 0.2) is 152 Å². The fourth-order valence-electron chi connectivity index (χ4n) is 7.21. The Morgan fingerprint density at radius 1 is 0.444 bits per heavy atom. The average Bonchev–Trinajstić information content (AvgIpc) is 3.76. The first-order valence-electron chi connectivity index (χ1n) is 15.2. The van der Waals surface area contributed by atoms with Crippen LogP contribution < -0.4 is 0 Å². The summed E-state index contributed by atoms with van der Waals surface area (Å²) in [6.07, 6.45) is 2.01. The van der Waals surface area contributed by atoms with Gasteiger partial charge in [0.2, 0.25) is 0 Å². The van der Waals surface area contributed by atoms with E-state index >= 15 is 0 Å². The lowest BCUT2D eigenvalue weighted by Crippen LogP contribution is -2.00. The third-order valence-corrected chi connectivity index (χ3v) is 10.4. The van der Waals surface area contributed by atoms with E-state index in [1.54, 1.807) is 0 Å². The van der Waals surface area contributed by atoms with Crippen molar-refractivity contribution in [2.24, 2.45) is 0 Å². The summed E-state index contributed by atoms with van der Waals surface area (Å²) in [5, 5.41) is 7.61. The number of para-hydroxylation sites is 3. The maximum Gasteiger partial charge on any atom is 0.137 e. The smallest absolute Gasteiger partial charge is 0.137 e. The van der Waals surface area contributed by atoms with Gasteiger partial charge in [0.15, 0.2) is 0 Å². The second-order valence-corrected chi connectivity index (χ2v) is 12.7. The molecule has 0 bridgehead atoms. The molecule has 0 amide bonds. The summed E-state index contributed by atoms with van der Waals surface area (Å²) in [7, 11) is 0. The Kier molecular flexibility index (Phi) is 5.16. The fourth-order valence-corrected chi connectivity index (χ4v) is 8.44. The quantitative estimate of drug-likeness (QED) is 0.200. The van der Waals surface area contributed by atoms with E-state index in [9.17, 15) is 0 Å². The van der Waals surface area contributed by atoms with Crippen LogP contribution in [0.1, 0.15) is 0 Å². The van der Waals surface area contributed by atoms with Crippen LogP contribution in [0.25, 0.3) is 86.4 Å². The third kappa shape index (κ3) is 3.54. The molecule has 4 aromatic heterocycles. The van der Waals surface area contributed by atoms with Crippen molar-refractivity contribution in [1.29, 1.82) is 0 Å². The second kappa shape index (κ2) is 9.39. The molecule has 0 fully saturated rings. The number of pyridine rings is 1. The molecule has 6 aromatic carbocycles. The predicted molar refractivity (Wildman–Crippen MR) is 191 cm³/mol. The summed E-state index contributed by atoms with van der Waals surface area (Å²) in [6, 6.07) is 52.5. The number of hydrogen-bond donors (Lipinski definition) is 0. The Labute approximate surface area is 262 Å². The fraction of sp³-hybridized carbons (Fsp3) is 0. The lowest BCUT2D eigenvalue weighted by molar-refractivity contribution is 1.05. The molecule has 10 rings (SSSR count). The molecular formula is C41H25N3S. The molecular weight excluding hydrogens is 567 g/mol. The van der Waals surface area contributed by atoms with Crippen molar-refractivity contribution in [2.45, 2.75) is 0 Å². The van der Waals surface area contributed by atoms with Crippen LogP contribution in [0, 0.1) is 0 Å². The van der Waals surface area contributed by atoms with E-state index in [-0.39, 0.29) is 0 Å². The molecule has 0 spiro atoms. The zero-order valence-corrected chi connectivity index (χ0v) is 25.0. The van der Waals surface area contributed by atoms with Crippen LogP contribution >= 0.6 is 11.3 Å². The molecule has 0 saturated carbocycles. The molecule has 210 valence electrons. The van der Waals surface area contributed by atoms with Gasteiger partial charge in [0.25, 0.3) is 0 Å². The first kappa shape index (κ1) is 24.7. The SMILES string of the molecule is c1ccc2c(c1)sc1c(-c3ccc4c(c3)c3ccccc3n4-c3ccc(-n4c5ccccc5c5ccccc54)cn3)cccc12. The van der Waals surface area contributed by atoms with Crippen molar-refractivity contribution >= 4 is 75.1 Å². The number of thiophene rings is 1. The van der Waals surface area contributed by atoms with Gasteiger partial charge < -0.3 is 4.57 Å². The number of nitrogens with zero attached hydrogens (tertiary/aromatic N) is 3. The Balaban J connectivity index is 1.15. The highest BCUT2D eigenvalue weighted by atomic mass is 32.1. The summed E-state index contributed by atoms with van der Waals surface area (Å²) in [6.45, 7) is 0. The molecule has 0 N–H and O–H groups in total. The summed E-state index contributed by atoms with van der Waals surface area (Å²) < 4.78 is 7.27. The lowest BCUT2D eigenvalue weighted by Gasteiger charge is -2.11. The van der Waals surface area contributed by atoms with E-state index in [2.05, 4.69) is 155 Å². The highest BCUT2D eigenvalue weighted by Crippen LogP contribution is 2.42. The van der Waals surface area contributed by atoms with Gasteiger partial charge >= 0.3 is 0 Å². The van der Waals surface area contributed by atoms with E-state index in [1.165, 1.54) is 63.9 Å². The molecule has 0 aliphatic rings. The normalized spacial score (nSPS) is 12.0. The van der Waals surface area contributed by atoms with E-state index < -0.39 is 0 Å². The molecule has 0 atom stereocenters. The van der Waals surface area contributed by atoms with Crippen molar-refractivity contribution in [3.05, 3.63) is 152 Å². The highest BCUT2D eigenvalue weighted by molar-refractivity contribution is 7.26. The Morgan fingerprint density at radius 2 is 1.04 bits per heavy atom. The van der Waals surface area contributed by atoms with Crippen molar-refractivity contribution in [3.63, 3.8) is 0 Å². The number of hydrogen-bond acceptors (Lipinski definition) is 2. The van der Waals surface area contributed by atoms with E-state index in [0.717, 1.165) is 22.5 Å². The van der Waals surface area contributed by atoms with Gasteiger partial charge in [-0.3, -0.25) is 4.57 Å². The zero-order chi connectivity index (χ0) is 29.5. The molecule has 0 saturated heterocycles. The van der Waals surface area contributed by atoms with Gasteiger partial charge in [0.05, 0.1) is 34.0 Å². The first-order valence-corrected chi connectivity index (χ1v) is 16.0. The van der Waals surface area contributed by atoms with Crippen LogP contribution in [-0.4, -0.2) is 14.1 Å². The minimum absolute atomic E-state index is 0.907. The summed E-state index contributed by atoms with van der Waals surface area (Å²) in [5.41, 5.74) is 8.24. The average molecular weight is 592 g/mol. The van der Waals surface area contributed by atoms with Gasteiger partial charge in [-0.15, -0.1) is 11.3 Å². The van der Waals surface area contributed by atoms with Crippen molar-refractivity contribution in [1.82, 2.24) is 14.1 Å². The Hall–Kier alpha value is -5.71. The second-order valence-electron chi connectivity index (χ2n) is 11.6. The molecule has 4 heteroatoms. The Bertz CT molecular complexity index is 2710. The number of aromatic nitrogens is 3. The molecule has 3 nitrogen and oxygen atoms in total. The molecule has 0 aliphatic heterocycles. The lowest BCUT2D eigenvalue weighted by atomic mass is 10.0. The largest absolute Gasteiger partial charge is 0.308 e. The number of benzene rings is 6. The number of rotatable bonds is 3. The van der Waals surface area contributed by atoms with E-state index in [0.29, 0.717) is 0 Å². The molecule has 10 aromatic rings. The minimum Gasteiger partial charge on any atom is -0.308 e. The molecule has 45 heavy (non-hydrogen) atoms. The first-order chi connectivity index (χ1) is 22.3. The highest BCUT2D eigenvalue weighted by Gasteiger charge is 2.17. The maximum atomic E-state index is 5.08. The van der Waals surface area contributed by atoms with Crippen LogP contribution in [0.3, 0.4) is 0 Å². The molecule has 0 unspecified atom stereocenters. The van der Waals surface area contributed by atoms with Gasteiger partial charge in [-0.05, 0) is 59.7 Å². The minimum atomic E-state index is 0.907. The van der Waals surface area contributed by atoms with Crippen molar-refractivity contribution in [2.75, 3.05) is 0 Å². The van der Waals surface area contributed by atoms with Gasteiger partial charge in [0, 0.05) is 41.7 Å². The van der Waals surface area contributed by atoms with Gasteiger partial charge in [-0.2, -0.15) is 0 Å². The summed E-state index contributed by atoms with van der Waals surface area (Å²) in [4.78, 5) is 5.08. The number of fused-ring (bicyclic) bond motifs is 9. The van der Waals surface area contributed by atoms with Crippen LogP contribution in [0.5, 0.6) is 0 Å². The summed E-state index contributed by atoms with van der Waals surface area (Å²) >= 11 is 1.88. The zero-order valence-electron chi connectivity index (χ0n) is 24.2. The van der Waals surface area contributed by atoms with Crippen LogP contribution in [0.4, 0.5) is 0 Å². The molecule has 4 heterocycles. The van der Waals surface area contributed by atoms with Gasteiger partial charge in [-0.25, -0.2) is 4.98 Å². The van der Waals surface area contributed by atoms with Gasteiger partial charge in [-0.1, -0.05) is 97.1 Å². The van der Waals surface area contributed by atoms with Crippen molar-refractivity contribution in [3.8, 4) is 22.6 Å². The van der Waals surface area contributed by atoms with E-state index in [4.69, 9.17) is 4.98 Å². The molecule has 0 radical (unpaired) electrons. The van der Waals surface area contributed by atoms with Crippen molar-refractivity contribution < 1.29 is 0 Å². The van der Waals surface area contributed by atoms with E-state index in [1.807, 2.05) is 17.5 Å². The third-order valence-electron chi connectivity index (χ3n) is 9.19. The standard InChI is InChI=1S/C41H25N3S/c1-5-16-35-29(10-1)30-11-2-6-17-36(30)43(35)27-21-23-40(42-25-27)44-37-18-7-3-12-31(37)34-24-26(20-22-38(34)44)28-14-9-15-33-32-13-4-8-19-39(32)45-41(28)33/h1-25H. The van der Waals surface area contributed by atoms with Crippen LogP contribution in [-0.2, 0) is 0 Å². The predicted octanol–water partition coefficient (Wildman–Crippen LogP) is 11.3. The topological polar surface area (TPSA) is 22.8 Å². The van der Waals surface area contributed by atoms with Crippen LogP contribution in [0.2, 0.25) is 0 Å². The Morgan fingerprint density at radius 3 is 1.76 bits per heavy atom. The monoisotopic (exact) mass is 591 g/mol.